The topological polar surface area (TPSA) is 0 Å². The number of thiophene rings is 1. The maximum Gasteiger partial charge on any atom is 0.0738 e. The van der Waals surface area contributed by atoms with E-state index in [2.05, 4.69) is 22.0 Å². The Morgan fingerprint density at radius 1 is 1.05 bits per heavy atom. The summed E-state index contributed by atoms with van der Waals surface area (Å²) in [5, 5.41) is 1.22. The lowest BCUT2D eigenvalue weighted by molar-refractivity contribution is 0.697. The highest BCUT2D eigenvalue weighted by Gasteiger charge is 2.19. The van der Waals surface area contributed by atoms with Crippen molar-refractivity contribution in [3.05, 3.63) is 55.2 Å². The second-order valence-electron chi connectivity index (χ2n) is 4.84. The minimum Gasteiger partial charge on any atom is -0.144 e. The summed E-state index contributed by atoms with van der Waals surface area (Å²) in [5.41, 5.74) is 2.70. The maximum atomic E-state index is 6.10. The van der Waals surface area contributed by atoms with Crippen LogP contribution in [0.15, 0.2) is 24.3 Å². The molecule has 100 valence electrons. The van der Waals surface area contributed by atoms with Crippen LogP contribution in [0.25, 0.3) is 0 Å². The Hall–Kier alpha value is -0.0200. The molecule has 0 radical (unpaired) electrons. The van der Waals surface area contributed by atoms with E-state index in [0.717, 1.165) is 5.56 Å². The van der Waals surface area contributed by atoms with E-state index in [1.165, 1.54) is 36.1 Å². The van der Waals surface area contributed by atoms with Gasteiger partial charge in [-0.3, -0.25) is 0 Å². The molecule has 0 fully saturated rings. The van der Waals surface area contributed by atoms with E-state index in [1.807, 2.05) is 29.5 Å². The first-order chi connectivity index (χ1) is 9.15. The number of hydrogen-bond donors (Lipinski definition) is 0. The second kappa shape index (κ2) is 5.77. The van der Waals surface area contributed by atoms with Gasteiger partial charge in [-0.25, -0.2) is 0 Å². The number of benzene rings is 1. The fraction of sp³-hybridized carbons (Fsp3) is 0.333. The number of halogens is 3. The third-order valence-corrected chi connectivity index (χ3v) is 6.87. The third-order valence-electron chi connectivity index (χ3n) is 3.50. The Morgan fingerprint density at radius 2 is 1.84 bits per heavy atom. The molecule has 0 bridgehead atoms. The van der Waals surface area contributed by atoms with Crippen LogP contribution >= 0.6 is 50.5 Å². The lowest BCUT2D eigenvalue weighted by atomic mass is 9.99. The number of hydrogen-bond acceptors (Lipinski definition) is 1. The average molecular weight is 376 g/mol. The van der Waals surface area contributed by atoms with Gasteiger partial charge in [0.05, 0.1) is 14.9 Å². The minimum atomic E-state index is 0.206. The number of rotatable bonds is 2. The molecule has 1 unspecified atom stereocenters. The van der Waals surface area contributed by atoms with Crippen molar-refractivity contribution in [2.45, 2.75) is 30.5 Å². The average Bonchev–Trinajstić information content (AvgIpc) is 2.85. The van der Waals surface area contributed by atoms with Gasteiger partial charge in [-0.2, -0.15) is 0 Å². The molecule has 1 atom stereocenters. The van der Waals surface area contributed by atoms with E-state index in [0.29, 0.717) is 10.0 Å². The molecule has 3 rings (SSSR count). The van der Waals surface area contributed by atoms with E-state index >= 15 is 0 Å². The monoisotopic (exact) mass is 374 g/mol. The predicted molar refractivity (Wildman–Crippen MR) is 88.2 cm³/mol. The Bertz CT molecular complexity index is 583. The first-order valence-electron chi connectivity index (χ1n) is 6.35. The molecule has 1 aromatic heterocycles. The maximum absolute atomic E-state index is 6.10. The smallest absolute Gasteiger partial charge is 0.0738 e. The van der Waals surface area contributed by atoms with Crippen molar-refractivity contribution < 1.29 is 0 Å². The van der Waals surface area contributed by atoms with Gasteiger partial charge in [-0.15, -0.1) is 11.3 Å². The summed E-state index contributed by atoms with van der Waals surface area (Å²) in [6, 6.07) is 8.19. The molecule has 0 aliphatic heterocycles. The molecule has 0 N–H and O–H groups in total. The lowest BCUT2D eigenvalue weighted by Crippen LogP contribution is -1.96. The van der Waals surface area contributed by atoms with Crippen LogP contribution in [-0.2, 0) is 12.8 Å². The van der Waals surface area contributed by atoms with Crippen molar-refractivity contribution in [1.82, 2.24) is 0 Å². The zero-order valence-corrected chi connectivity index (χ0v) is 14.2. The highest BCUT2D eigenvalue weighted by Crippen LogP contribution is 2.40. The van der Waals surface area contributed by atoms with Crippen molar-refractivity contribution >= 4 is 50.5 Å². The molecule has 2 aromatic rings. The molecular formula is C15H13BrCl2S. The van der Waals surface area contributed by atoms with Gasteiger partial charge >= 0.3 is 0 Å². The molecule has 0 nitrogen and oxygen atoms in total. The van der Waals surface area contributed by atoms with Crippen molar-refractivity contribution in [3.8, 4) is 0 Å². The SMILES string of the molecule is Clc1ccc(C(Br)c2cc3c(s2)CCCC3)cc1Cl. The number of aryl methyl sites for hydroxylation is 2. The highest BCUT2D eigenvalue weighted by molar-refractivity contribution is 9.09. The molecule has 0 saturated heterocycles. The van der Waals surface area contributed by atoms with Gasteiger partial charge in [0, 0.05) is 9.75 Å². The molecule has 19 heavy (non-hydrogen) atoms. The van der Waals surface area contributed by atoms with Crippen LogP contribution in [0.4, 0.5) is 0 Å². The van der Waals surface area contributed by atoms with Crippen LogP contribution in [-0.4, -0.2) is 0 Å². The Morgan fingerprint density at radius 3 is 2.58 bits per heavy atom. The quantitative estimate of drug-likeness (QED) is 0.531. The summed E-state index contributed by atoms with van der Waals surface area (Å²) < 4.78 is 0. The summed E-state index contributed by atoms with van der Waals surface area (Å²) in [4.78, 5) is 3.13. The van der Waals surface area contributed by atoms with E-state index in [-0.39, 0.29) is 4.83 Å². The molecule has 1 aliphatic carbocycles. The largest absolute Gasteiger partial charge is 0.144 e. The molecule has 1 aliphatic rings. The summed E-state index contributed by atoms with van der Waals surface area (Å²) in [6.45, 7) is 0. The molecule has 0 saturated carbocycles. The van der Waals surface area contributed by atoms with Crippen molar-refractivity contribution in [2.24, 2.45) is 0 Å². The van der Waals surface area contributed by atoms with E-state index in [1.54, 1.807) is 4.88 Å². The van der Waals surface area contributed by atoms with Crippen LogP contribution in [0.1, 0.15) is 38.6 Å². The van der Waals surface area contributed by atoms with Gasteiger partial charge < -0.3 is 0 Å². The third kappa shape index (κ3) is 2.87. The van der Waals surface area contributed by atoms with Gasteiger partial charge in [-0.1, -0.05) is 45.2 Å². The summed E-state index contributed by atoms with van der Waals surface area (Å²) in [5.74, 6) is 0. The van der Waals surface area contributed by atoms with E-state index < -0.39 is 0 Å². The zero-order chi connectivity index (χ0) is 13.4. The fourth-order valence-electron chi connectivity index (χ4n) is 2.47. The Labute approximate surface area is 135 Å². The standard InChI is InChI=1S/C15H13BrCl2S/c16-15(10-5-6-11(17)12(18)7-10)14-8-9-3-1-2-4-13(9)19-14/h5-8,15H,1-4H2. The first-order valence-corrected chi connectivity index (χ1v) is 8.84. The Balaban J connectivity index is 1.92. The van der Waals surface area contributed by atoms with Crippen LogP contribution in [0.2, 0.25) is 10.0 Å². The van der Waals surface area contributed by atoms with Gasteiger partial charge in [0.15, 0.2) is 0 Å². The lowest BCUT2D eigenvalue weighted by Gasteiger charge is -2.09. The highest BCUT2D eigenvalue weighted by atomic mass is 79.9. The van der Waals surface area contributed by atoms with Crippen molar-refractivity contribution in [1.29, 1.82) is 0 Å². The zero-order valence-electron chi connectivity index (χ0n) is 10.3. The Kier molecular flexibility index (Phi) is 4.23. The summed E-state index contributed by atoms with van der Waals surface area (Å²) in [6.07, 6.45) is 5.11. The molecule has 0 amide bonds. The first kappa shape index (κ1) is 13.9. The molecule has 1 aromatic carbocycles. The summed E-state index contributed by atoms with van der Waals surface area (Å²) >= 11 is 17.8. The molecular weight excluding hydrogens is 363 g/mol. The number of alkyl halides is 1. The molecule has 0 spiro atoms. The van der Waals surface area contributed by atoms with Gasteiger partial charge in [-0.05, 0) is 55.0 Å². The van der Waals surface area contributed by atoms with E-state index in [4.69, 9.17) is 23.2 Å². The fourth-order valence-corrected chi connectivity index (χ4v) is 4.74. The molecule has 4 heteroatoms. The van der Waals surface area contributed by atoms with Crippen molar-refractivity contribution in [2.75, 3.05) is 0 Å². The van der Waals surface area contributed by atoms with Crippen LogP contribution < -0.4 is 0 Å². The van der Waals surface area contributed by atoms with Gasteiger partial charge in [0.2, 0.25) is 0 Å². The second-order valence-corrected chi connectivity index (χ2v) is 7.74. The normalized spacial score (nSPS) is 16.2. The minimum absolute atomic E-state index is 0.206. The number of fused-ring (bicyclic) bond motifs is 1. The van der Waals surface area contributed by atoms with Gasteiger partial charge in [0.25, 0.3) is 0 Å². The van der Waals surface area contributed by atoms with Crippen LogP contribution in [0, 0.1) is 0 Å². The van der Waals surface area contributed by atoms with E-state index in [9.17, 15) is 0 Å². The van der Waals surface area contributed by atoms with Crippen LogP contribution in [0.5, 0.6) is 0 Å². The summed E-state index contributed by atoms with van der Waals surface area (Å²) in [7, 11) is 0. The van der Waals surface area contributed by atoms with Gasteiger partial charge in [0.1, 0.15) is 0 Å². The van der Waals surface area contributed by atoms with Crippen LogP contribution in [0.3, 0.4) is 0 Å². The predicted octanol–water partition coefficient (Wildman–Crippen LogP) is 6.42. The van der Waals surface area contributed by atoms with Crippen molar-refractivity contribution in [3.63, 3.8) is 0 Å². The molecule has 1 heterocycles.